The number of thiazole rings is 1. The van der Waals surface area contributed by atoms with Gasteiger partial charge in [-0.25, -0.2) is 0 Å². The van der Waals surface area contributed by atoms with Crippen LogP contribution in [0.3, 0.4) is 0 Å². The van der Waals surface area contributed by atoms with Gasteiger partial charge in [0.25, 0.3) is 5.91 Å². The molecule has 1 amide bonds. The second kappa shape index (κ2) is 6.71. The molecule has 0 spiro atoms. The lowest BCUT2D eigenvalue weighted by Crippen LogP contribution is -2.16. The number of fused-ring (bicyclic) bond motifs is 1. The van der Waals surface area contributed by atoms with Crippen molar-refractivity contribution < 1.29 is 4.79 Å². The highest BCUT2D eigenvalue weighted by molar-refractivity contribution is 9.10. The Hall–Kier alpha value is -1.87. The average molecular weight is 406 g/mol. The van der Waals surface area contributed by atoms with Crippen molar-refractivity contribution in [2.75, 3.05) is 0 Å². The quantitative estimate of drug-likeness (QED) is 0.578. The smallest absolute Gasteiger partial charge is 0.279 e. The van der Waals surface area contributed by atoms with E-state index in [-0.39, 0.29) is 5.91 Å². The molecule has 114 valence electrons. The second-order valence-electron chi connectivity index (χ2n) is 4.71. The first-order valence-electron chi connectivity index (χ1n) is 6.65. The van der Waals surface area contributed by atoms with E-state index in [1.54, 1.807) is 24.3 Å². The molecular weight excluding hydrogens is 396 g/mol. The summed E-state index contributed by atoms with van der Waals surface area (Å²) in [7, 11) is 0. The molecule has 3 nitrogen and oxygen atoms in total. The number of nitrogens with zero attached hydrogens (tertiary/aromatic N) is 2. The minimum atomic E-state index is -0.310. The summed E-state index contributed by atoms with van der Waals surface area (Å²) >= 11 is 10.8. The van der Waals surface area contributed by atoms with Gasteiger partial charge in [0.15, 0.2) is 4.80 Å². The maximum Gasteiger partial charge on any atom is 0.279 e. The molecule has 0 aliphatic rings. The Balaban J connectivity index is 2.16. The lowest BCUT2D eigenvalue weighted by atomic mass is 10.2. The van der Waals surface area contributed by atoms with Crippen LogP contribution in [-0.4, -0.2) is 10.5 Å². The maximum absolute atomic E-state index is 12.4. The third-order valence-corrected chi connectivity index (χ3v) is 4.93. The Morgan fingerprint density at radius 2 is 2.17 bits per heavy atom. The van der Waals surface area contributed by atoms with Crippen LogP contribution in [0.4, 0.5) is 0 Å². The van der Waals surface area contributed by atoms with Crippen molar-refractivity contribution >= 4 is 55.0 Å². The normalized spacial score (nSPS) is 11.6. The molecule has 23 heavy (non-hydrogen) atoms. The van der Waals surface area contributed by atoms with E-state index in [4.69, 9.17) is 18.0 Å². The number of hydrogen-bond donors (Lipinski definition) is 0. The predicted molar refractivity (Wildman–Crippen MR) is 97.7 cm³/mol. The minimum Gasteiger partial charge on any atom is -0.305 e. The number of carbonyl (C=O) groups excluding carboxylic acids is 1. The molecule has 0 saturated heterocycles. The molecule has 0 atom stereocenters. The number of hydrogen-bond acceptors (Lipinski definition) is 2. The fourth-order valence-corrected chi connectivity index (χ4v) is 3.85. The van der Waals surface area contributed by atoms with E-state index in [1.165, 1.54) is 11.3 Å². The van der Waals surface area contributed by atoms with E-state index in [0.29, 0.717) is 21.9 Å². The van der Waals surface area contributed by atoms with Crippen LogP contribution >= 0.6 is 38.9 Å². The van der Waals surface area contributed by atoms with Crippen molar-refractivity contribution in [3.63, 3.8) is 0 Å². The molecule has 0 aliphatic carbocycles. The van der Waals surface area contributed by atoms with Crippen LogP contribution in [-0.2, 0) is 6.54 Å². The van der Waals surface area contributed by atoms with Gasteiger partial charge in [0.05, 0.1) is 16.8 Å². The van der Waals surface area contributed by atoms with E-state index in [9.17, 15) is 4.79 Å². The monoisotopic (exact) mass is 404 g/mol. The van der Waals surface area contributed by atoms with E-state index >= 15 is 0 Å². The maximum atomic E-state index is 12.4. The Bertz CT molecular complexity index is 1010. The van der Waals surface area contributed by atoms with Crippen molar-refractivity contribution in [3.8, 4) is 12.3 Å². The highest BCUT2D eigenvalue weighted by Crippen LogP contribution is 2.22. The van der Waals surface area contributed by atoms with Gasteiger partial charge in [-0.3, -0.25) is 4.79 Å². The largest absolute Gasteiger partial charge is 0.305 e. The van der Waals surface area contributed by atoms with E-state index in [1.807, 2.05) is 22.8 Å². The summed E-state index contributed by atoms with van der Waals surface area (Å²) in [5.74, 6) is 2.29. The first-order valence-corrected chi connectivity index (χ1v) is 8.64. The third kappa shape index (κ3) is 3.40. The van der Waals surface area contributed by atoms with Crippen molar-refractivity contribution in [3.05, 3.63) is 62.3 Å². The zero-order chi connectivity index (χ0) is 16.4. The molecule has 0 fully saturated rings. The zero-order valence-corrected chi connectivity index (χ0v) is 15.0. The van der Waals surface area contributed by atoms with Gasteiger partial charge in [-0.05, 0) is 36.4 Å². The van der Waals surface area contributed by atoms with Crippen molar-refractivity contribution in [2.45, 2.75) is 6.54 Å². The van der Waals surface area contributed by atoms with Crippen LogP contribution in [0.2, 0.25) is 5.02 Å². The van der Waals surface area contributed by atoms with Crippen molar-refractivity contribution in [2.24, 2.45) is 4.99 Å². The molecule has 0 N–H and O–H groups in total. The molecule has 0 unspecified atom stereocenters. The molecule has 0 radical (unpaired) electrons. The van der Waals surface area contributed by atoms with Gasteiger partial charge in [0, 0.05) is 15.1 Å². The van der Waals surface area contributed by atoms with Gasteiger partial charge in [-0.1, -0.05) is 50.9 Å². The summed E-state index contributed by atoms with van der Waals surface area (Å²) in [4.78, 5) is 17.2. The molecule has 3 aromatic rings. The number of benzene rings is 2. The zero-order valence-electron chi connectivity index (χ0n) is 11.8. The van der Waals surface area contributed by atoms with Gasteiger partial charge in [0.2, 0.25) is 0 Å². The lowest BCUT2D eigenvalue weighted by molar-refractivity contribution is 0.0998. The molecule has 6 heteroatoms. The van der Waals surface area contributed by atoms with Crippen molar-refractivity contribution in [1.82, 2.24) is 4.57 Å². The predicted octanol–water partition coefficient (Wildman–Crippen LogP) is 4.49. The van der Waals surface area contributed by atoms with Crippen LogP contribution in [0.25, 0.3) is 10.2 Å². The number of aromatic nitrogens is 1. The van der Waals surface area contributed by atoms with Gasteiger partial charge in [-0.15, -0.1) is 6.42 Å². The summed E-state index contributed by atoms with van der Waals surface area (Å²) in [6, 6.07) is 12.6. The number of terminal acetylenes is 1. The molecule has 1 aromatic heterocycles. The average Bonchev–Trinajstić information content (AvgIpc) is 2.84. The Kier molecular flexibility index (Phi) is 4.67. The van der Waals surface area contributed by atoms with Crippen LogP contribution in [0.5, 0.6) is 0 Å². The highest BCUT2D eigenvalue weighted by atomic mass is 79.9. The van der Waals surface area contributed by atoms with E-state index < -0.39 is 0 Å². The summed E-state index contributed by atoms with van der Waals surface area (Å²) < 4.78 is 3.61. The van der Waals surface area contributed by atoms with Gasteiger partial charge in [-0.2, -0.15) is 4.99 Å². The van der Waals surface area contributed by atoms with E-state index in [0.717, 1.165) is 14.7 Å². The summed E-state index contributed by atoms with van der Waals surface area (Å²) in [5, 5.41) is 0.636. The van der Waals surface area contributed by atoms with Gasteiger partial charge in [0.1, 0.15) is 0 Å². The van der Waals surface area contributed by atoms with Gasteiger partial charge >= 0.3 is 0 Å². The molecule has 0 saturated carbocycles. The number of carbonyl (C=O) groups is 1. The lowest BCUT2D eigenvalue weighted by Gasteiger charge is -2.00. The molecule has 0 bridgehead atoms. The third-order valence-electron chi connectivity index (χ3n) is 3.16. The van der Waals surface area contributed by atoms with Gasteiger partial charge < -0.3 is 4.57 Å². The summed E-state index contributed by atoms with van der Waals surface area (Å²) in [6.07, 6.45) is 5.45. The highest BCUT2D eigenvalue weighted by Gasteiger charge is 2.09. The number of amides is 1. The first-order chi connectivity index (χ1) is 11.1. The van der Waals surface area contributed by atoms with Crippen LogP contribution in [0.1, 0.15) is 10.4 Å². The fourth-order valence-electron chi connectivity index (χ4n) is 2.15. The summed E-state index contributed by atoms with van der Waals surface area (Å²) in [5.41, 5.74) is 1.43. The molecule has 3 rings (SSSR count). The van der Waals surface area contributed by atoms with Crippen LogP contribution in [0.15, 0.2) is 51.9 Å². The number of rotatable bonds is 2. The van der Waals surface area contributed by atoms with E-state index in [2.05, 4.69) is 26.8 Å². The Morgan fingerprint density at radius 3 is 2.91 bits per heavy atom. The second-order valence-corrected chi connectivity index (χ2v) is 7.08. The Labute approximate surface area is 150 Å². The first kappa shape index (κ1) is 16.0. The SMILES string of the molecule is C#CCn1c(=NC(=O)c2cccc(Br)c2)sc2cc(Cl)ccc21. The molecule has 1 heterocycles. The molecule has 0 aliphatic heterocycles. The van der Waals surface area contributed by atoms with Crippen LogP contribution < -0.4 is 4.80 Å². The van der Waals surface area contributed by atoms with Crippen molar-refractivity contribution in [1.29, 1.82) is 0 Å². The number of halogens is 2. The topological polar surface area (TPSA) is 34.4 Å². The fraction of sp³-hybridized carbons (Fsp3) is 0.0588. The molecular formula is C17H10BrClN2OS. The summed E-state index contributed by atoms with van der Waals surface area (Å²) in [6.45, 7) is 0.340. The molecule has 2 aromatic carbocycles. The van der Waals surface area contributed by atoms with Crippen LogP contribution in [0, 0.1) is 12.3 Å². The Morgan fingerprint density at radius 1 is 1.35 bits per heavy atom. The standard InChI is InChI=1S/C17H10BrClN2OS/c1-2-8-21-14-7-6-13(19)10-15(14)23-17(21)20-16(22)11-4-3-5-12(18)9-11/h1,3-7,9-10H,8H2. The minimum absolute atomic E-state index is 0.310.